The minimum Gasteiger partial charge on any atom is -0.455 e. The molecule has 0 spiro atoms. The number of aryl methyl sites for hydroxylation is 2. The number of nitrogens with zero attached hydrogens (tertiary/aromatic N) is 3. The molecule has 6 aromatic carbocycles. The van der Waals surface area contributed by atoms with Gasteiger partial charge in [0.15, 0.2) is 22.2 Å². The van der Waals surface area contributed by atoms with E-state index in [1.807, 2.05) is 6.07 Å². The van der Waals surface area contributed by atoms with Crippen LogP contribution in [0.4, 0.5) is 0 Å². The lowest BCUT2D eigenvalue weighted by Crippen LogP contribution is -2.30. The lowest BCUT2D eigenvalue weighted by Gasteiger charge is -2.21. The third kappa shape index (κ3) is 4.97. The van der Waals surface area contributed by atoms with Crippen molar-refractivity contribution in [1.82, 2.24) is 9.55 Å². The number of hydrogen-bond donors (Lipinski definition) is 0. The maximum atomic E-state index is 6.98. The minimum absolute atomic E-state index is 0.246. The van der Waals surface area contributed by atoms with Crippen molar-refractivity contribution in [2.75, 3.05) is 0 Å². The van der Waals surface area contributed by atoms with Crippen LogP contribution in [0.2, 0.25) is 0 Å². The van der Waals surface area contributed by atoms with Gasteiger partial charge in [0.05, 0.1) is 12.4 Å². The Bertz CT molecular complexity index is 2860. The smallest absolute Gasteiger partial charge is 0.299 e. The number of para-hydroxylation sites is 1. The Hall–Kier alpha value is -5.68. The molecule has 5 heteroatoms. The maximum absolute atomic E-state index is 6.98. The largest absolute Gasteiger partial charge is 0.455 e. The molecule has 0 amide bonds. The molecule has 0 saturated carbocycles. The molecule has 0 fully saturated rings. The zero-order valence-corrected chi connectivity index (χ0v) is 32.1. The summed E-state index contributed by atoms with van der Waals surface area (Å²) < 4.78 is 18.7. The molecule has 5 nitrogen and oxygen atoms in total. The average Bonchev–Trinajstić information content (AvgIpc) is 3.84. The van der Waals surface area contributed by atoms with Crippen molar-refractivity contribution in [3.8, 4) is 28.2 Å². The predicted octanol–water partition coefficient (Wildman–Crippen LogP) is 12.8. The van der Waals surface area contributed by atoms with Crippen LogP contribution in [-0.2, 0) is 12.5 Å². The van der Waals surface area contributed by atoms with Crippen LogP contribution in [0.1, 0.15) is 82.9 Å². The molecule has 0 unspecified atom stereocenters. The van der Waals surface area contributed by atoms with Gasteiger partial charge in [0.25, 0.3) is 5.82 Å². The molecule has 53 heavy (non-hydrogen) atoms. The fourth-order valence-corrected chi connectivity index (χ4v) is 8.31. The lowest BCUT2D eigenvalue weighted by atomic mass is 9.88. The zero-order chi connectivity index (χ0) is 36.9. The summed E-state index contributed by atoms with van der Waals surface area (Å²) in [6, 6.07) is 37.2. The van der Waals surface area contributed by atoms with Gasteiger partial charge in [-0.2, -0.15) is 4.57 Å². The Kier molecular flexibility index (Phi) is 7.46. The molecule has 264 valence electrons. The highest BCUT2D eigenvalue weighted by molar-refractivity contribution is 6.21. The number of aromatic nitrogens is 3. The second-order valence-electron chi connectivity index (χ2n) is 16.3. The highest BCUT2D eigenvalue weighted by atomic mass is 16.4. The Morgan fingerprint density at radius 3 is 2.02 bits per heavy atom. The first-order valence-corrected chi connectivity index (χ1v) is 18.8. The molecular weight excluding hydrogens is 651 g/mol. The second kappa shape index (κ2) is 11.9. The number of benzene rings is 6. The van der Waals surface area contributed by atoms with Gasteiger partial charge in [0.1, 0.15) is 22.4 Å². The van der Waals surface area contributed by atoms with E-state index in [9.17, 15) is 0 Å². The Morgan fingerprint density at radius 2 is 1.34 bits per heavy atom. The first kappa shape index (κ1) is 33.2. The molecule has 3 heterocycles. The van der Waals surface area contributed by atoms with E-state index in [1.54, 1.807) is 0 Å². The van der Waals surface area contributed by atoms with Crippen LogP contribution in [0, 0.1) is 6.92 Å². The van der Waals surface area contributed by atoms with Gasteiger partial charge in [-0.15, -0.1) is 0 Å². The first-order chi connectivity index (χ1) is 25.4. The van der Waals surface area contributed by atoms with Crippen molar-refractivity contribution in [3.05, 3.63) is 126 Å². The monoisotopic (exact) mass is 696 g/mol. The highest BCUT2D eigenvalue weighted by Crippen LogP contribution is 2.47. The van der Waals surface area contributed by atoms with Crippen molar-refractivity contribution in [3.63, 3.8) is 0 Å². The summed E-state index contributed by atoms with van der Waals surface area (Å²) in [4.78, 5) is 5.19. The predicted molar refractivity (Wildman–Crippen MR) is 219 cm³/mol. The standard InChI is InChI=1S/C48H46N3O2/c1-27(2)35-25-32(30-17-11-10-12-18-30)26-36(28(3)4)42(35)51-43-33-20-14-13-19-31(33)23-24-37(43)50(9)46(51)39-29(5)44-41(49-47(53-44)48(6,7)8)40-34-21-15-16-22-38(34)52-45(39)40/h10-28H,1-9H3/q+1. The van der Waals surface area contributed by atoms with Crippen LogP contribution in [0.25, 0.3) is 83.0 Å². The van der Waals surface area contributed by atoms with Gasteiger partial charge in [-0.1, -0.05) is 115 Å². The van der Waals surface area contributed by atoms with Crippen molar-refractivity contribution < 1.29 is 13.4 Å². The van der Waals surface area contributed by atoms with Crippen LogP contribution >= 0.6 is 0 Å². The normalized spacial score (nSPS) is 12.6. The summed E-state index contributed by atoms with van der Waals surface area (Å²) in [5.41, 5.74) is 13.7. The summed E-state index contributed by atoms with van der Waals surface area (Å²) in [5, 5.41) is 4.44. The molecule has 9 rings (SSSR count). The summed E-state index contributed by atoms with van der Waals surface area (Å²) in [7, 11) is 2.20. The van der Waals surface area contributed by atoms with Gasteiger partial charge in [-0.25, -0.2) is 9.55 Å². The number of hydrogen-bond acceptors (Lipinski definition) is 3. The third-order valence-electron chi connectivity index (χ3n) is 11.0. The number of imidazole rings is 1. The molecule has 0 radical (unpaired) electrons. The topological polar surface area (TPSA) is 48.0 Å². The average molecular weight is 697 g/mol. The molecule has 0 aliphatic rings. The van der Waals surface area contributed by atoms with Gasteiger partial charge in [-0.3, -0.25) is 0 Å². The van der Waals surface area contributed by atoms with Crippen molar-refractivity contribution in [1.29, 1.82) is 0 Å². The van der Waals surface area contributed by atoms with Crippen molar-refractivity contribution in [2.45, 2.75) is 72.6 Å². The van der Waals surface area contributed by atoms with E-state index in [0.717, 1.165) is 61.4 Å². The van der Waals surface area contributed by atoms with Gasteiger partial charge >= 0.3 is 0 Å². The first-order valence-electron chi connectivity index (χ1n) is 18.8. The molecule has 0 N–H and O–H groups in total. The van der Waals surface area contributed by atoms with E-state index in [0.29, 0.717) is 0 Å². The van der Waals surface area contributed by atoms with Crippen molar-refractivity contribution >= 4 is 54.8 Å². The molecule has 0 aliphatic carbocycles. The molecule has 0 atom stereocenters. The van der Waals surface area contributed by atoms with E-state index in [1.165, 1.54) is 44.2 Å². The van der Waals surface area contributed by atoms with Gasteiger partial charge < -0.3 is 8.83 Å². The van der Waals surface area contributed by atoms with E-state index in [2.05, 4.69) is 169 Å². The Labute approximate surface area is 310 Å². The van der Waals surface area contributed by atoms with Crippen LogP contribution in [0.3, 0.4) is 0 Å². The third-order valence-corrected chi connectivity index (χ3v) is 11.0. The fourth-order valence-electron chi connectivity index (χ4n) is 8.31. The molecule has 0 aliphatic heterocycles. The quantitative estimate of drug-likeness (QED) is 0.168. The Balaban J connectivity index is 1.53. The summed E-state index contributed by atoms with van der Waals surface area (Å²) in [5.74, 6) is 2.26. The molecule has 9 aromatic rings. The summed E-state index contributed by atoms with van der Waals surface area (Å²) in [6.07, 6.45) is 0. The lowest BCUT2D eigenvalue weighted by molar-refractivity contribution is -0.633. The number of rotatable bonds is 5. The molecular formula is C48H46N3O2+. The highest BCUT2D eigenvalue weighted by Gasteiger charge is 2.37. The van der Waals surface area contributed by atoms with Crippen LogP contribution in [0.5, 0.6) is 0 Å². The number of furan rings is 1. The maximum Gasteiger partial charge on any atom is 0.299 e. The van der Waals surface area contributed by atoms with E-state index in [-0.39, 0.29) is 17.3 Å². The summed E-state index contributed by atoms with van der Waals surface area (Å²) >= 11 is 0. The van der Waals surface area contributed by atoms with Crippen LogP contribution < -0.4 is 4.57 Å². The van der Waals surface area contributed by atoms with E-state index in [4.69, 9.17) is 13.8 Å². The van der Waals surface area contributed by atoms with Crippen LogP contribution in [-0.4, -0.2) is 9.55 Å². The molecule has 0 saturated heterocycles. The molecule has 3 aromatic heterocycles. The van der Waals surface area contributed by atoms with Crippen LogP contribution in [0.15, 0.2) is 112 Å². The number of oxazole rings is 1. The van der Waals surface area contributed by atoms with E-state index >= 15 is 0 Å². The fraction of sp³-hybridized carbons (Fsp3) is 0.250. The van der Waals surface area contributed by atoms with Gasteiger partial charge in [0, 0.05) is 32.9 Å². The summed E-state index contributed by atoms with van der Waals surface area (Å²) in [6.45, 7) is 17.9. The molecule has 0 bridgehead atoms. The van der Waals surface area contributed by atoms with E-state index < -0.39 is 0 Å². The van der Waals surface area contributed by atoms with Crippen molar-refractivity contribution in [2.24, 2.45) is 7.05 Å². The van der Waals surface area contributed by atoms with Gasteiger partial charge in [0.2, 0.25) is 5.89 Å². The Morgan fingerprint density at radius 1 is 0.698 bits per heavy atom. The zero-order valence-electron chi connectivity index (χ0n) is 32.1. The minimum atomic E-state index is -0.269. The number of fused-ring (bicyclic) bond motifs is 8. The second-order valence-corrected chi connectivity index (χ2v) is 16.3. The SMILES string of the molecule is Cc1c(-c2n(-c3c(C(C)C)cc(-c4ccccc4)cc3C(C)C)c3c4ccccc4ccc3[n+]2C)c2oc3ccccc3c2c2nc(C(C)(C)C)oc12. The van der Waals surface area contributed by atoms with Gasteiger partial charge in [-0.05, 0) is 71.7 Å².